The predicted octanol–water partition coefficient (Wildman–Crippen LogP) is 4.95. The van der Waals surface area contributed by atoms with Gasteiger partial charge in [-0.05, 0) is 30.3 Å². The van der Waals surface area contributed by atoms with Crippen molar-refractivity contribution in [2.75, 3.05) is 35.9 Å². The molecule has 0 spiro atoms. The van der Waals surface area contributed by atoms with E-state index in [1.165, 1.54) is 0 Å². The Balaban J connectivity index is 0.00000272. The van der Waals surface area contributed by atoms with E-state index < -0.39 is 0 Å². The van der Waals surface area contributed by atoms with E-state index in [4.69, 9.17) is 9.47 Å². The van der Waals surface area contributed by atoms with E-state index >= 15 is 0 Å². The highest BCUT2D eigenvalue weighted by Gasteiger charge is 2.13. The molecule has 0 aliphatic heterocycles. The van der Waals surface area contributed by atoms with Crippen LogP contribution in [-0.4, -0.2) is 24.2 Å². The maximum absolute atomic E-state index is 5.44. The van der Waals surface area contributed by atoms with Crippen LogP contribution >= 0.6 is 12.4 Å². The number of nitrogens with zero attached hydrogens (tertiary/aromatic N) is 2. The maximum Gasteiger partial charge on any atom is 0.244 e. The van der Waals surface area contributed by atoms with Crippen LogP contribution in [-0.2, 0) is 0 Å². The molecule has 0 unspecified atom stereocenters. The highest BCUT2D eigenvalue weighted by Crippen LogP contribution is 2.34. The van der Waals surface area contributed by atoms with Crippen LogP contribution < -0.4 is 31.2 Å². The summed E-state index contributed by atoms with van der Waals surface area (Å²) in [7, 11) is 3.19. The number of ether oxygens (including phenoxy) is 2. The smallest absolute Gasteiger partial charge is 0.244 e. The summed E-state index contributed by atoms with van der Waals surface area (Å²) in [5.41, 5.74) is 15.0. The summed E-state index contributed by atoms with van der Waals surface area (Å²) in [6.45, 7) is 0. The SMILES string of the molecule is COc1cc2nc(NNc3ccccc3)nc(NNc3ccccc3)c2cc1OC.Cl. The molecule has 0 aliphatic carbocycles. The molecule has 8 nitrogen and oxygen atoms in total. The van der Waals surface area contributed by atoms with E-state index in [9.17, 15) is 0 Å². The van der Waals surface area contributed by atoms with E-state index in [1.807, 2.05) is 72.8 Å². The highest BCUT2D eigenvalue weighted by molar-refractivity contribution is 5.93. The number of para-hydroxylation sites is 2. The van der Waals surface area contributed by atoms with Crippen molar-refractivity contribution in [1.29, 1.82) is 0 Å². The van der Waals surface area contributed by atoms with Gasteiger partial charge in [0.15, 0.2) is 17.3 Å². The van der Waals surface area contributed by atoms with Gasteiger partial charge in [-0.2, -0.15) is 4.98 Å². The Kier molecular flexibility index (Phi) is 7.18. The van der Waals surface area contributed by atoms with Gasteiger partial charge in [-0.1, -0.05) is 36.4 Å². The van der Waals surface area contributed by atoms with E-state index in [0.29, 0.717) is 28.8 Å². The molecule has 4 aromatic rings. The number of hydrogen-bond acceptors (Lipinski definition) is 8. The van der Waals surface area contributed by atoms with Gasteiger partial charge in [-0.15, -0.1) is 12.4 Å². The fourth-order valence-corrected chi connectivity index (χ4v) is 2.91. The second kappa shape index (κ2) is 10.2. The number of hydrazine groups is 2. The van der Waals surface area contributed by atoms with Crippen molar-refractivity contribution in [3.05, 3.63) is 72.8 Å². The minimum Gasteiger partial charge on any atom is -0.493 e. The molecule has 1 heterocycles. The first-order valence-corrected chi connectivity index (χ1v) is 9.35. The lowest BCUT2D eigenvalue weighted by Gasteiger charge is -2.16. The third kappa shape index (κ3) is 5.18. The Morgan fingerprint density at radius 1 is 0.645 bits per heavy atom. The second-order valence-electron chi connectivity index (χ2n) is 6.35. The lowest BCUT2D eigenvalue weighted by atomic mass is 10.2. The van der Waals surface area contributed by atoms with Crippen molar-refractivity contribution >= 4 is 46.5 Å². The monoisotopic (exact) mass is 438 g/mol. The Bertz CT molecular complexity index is 1130. The molecule has 0 radical (unpaired) electrons. The molecule has 31 heavy (non-hydrogen) atoms. The Morgan fingerprint density at radius 3 is 1.77 bits per heavy atom. The summed E-state index contributed by atoms with van der Waals surface area (Å²) in [6.07, 6.45) is 0. The van der Waals surface area contributed by atoms with Crippen LogP contribution in [0.4, 0.5) is 23.1 Å². The van der Waals surface area contributed by atoms with Crippen molar-refractivity contribution in [2.24, 2.45) is 0 Å². The normalized spacial score (nSPS) is 10.0. The zero-order valence-corrected chi connectivity index (χ0v) is 17.9. The topological polar surface area (TPSA) is 92.4 Å². The van der Waals surface area contributed by atoms with Gasteiger partial charge < -0.3 is 9.47 Å². The molecule has 0 atom stereocenters. The van der Waals surface area contributed by atoms with Crippen LogP contribution in [0, 0.1) is 0 Å². The molecule has 0 fully saturated rings. The van der Waals surface area contributed by atoms with Gasteiger partial charge in [0.25, 0.3) is 0 Å². The Labute approximate surface area is 186 Å². The molecule has 0 saturated heterocycles. The largest absolute Gasteiger partial charge is 0.493 e. The van der Waals surface area contributed by atoms with Crippen molar-refractivity contribution < 1.29 is 9.47 Å². The highest BCUT2D eigenvalue weighted by atomic mass is 35.5. The van der Waals surface area contributed by atoms with Crippen LogP contribution in [0.2, 0.25) is 0 Å². The fraction of sp³-hybridized carbons (Fsp3) is 0.0909. The molecule has 1 aromatic heterocycles. The summed E-state index contributed by atoms with van der Waals surface area (Å²) in [4.78, 5) is 9.21. The number of nitrogens with one attached hydrogen (secondary N) is 4. The molecule has 3 aromatic carbocycles. The van der Waals surface area contributed by atoms with Gasteiger partial charge >= 0.3 is 0 Å². The summed E-state index contributed by atoms with van der Waals surface area (Å²) in [6, 6.07) is 23.2. The molecule has 9 heteroatoms. The van der Waals surface area contributed by atoms with Crippen LogP contribution in [0.1, 0.15) is 0 Å². The average Bonchev–Trinajstić information content (AvgIpc) is 2.81. The number of halogens is 1. The molecule has 0 amide bonds. The first kappa shape index (κ1) is 21.8. The predicted molar refractivity (Wildman–Crippen MR) is 127 cm³/mol. The van der Waals surface area contributed by atoms with E-state index in [1.54, 1.807) is 14.2 Å². The minimum atomic E-state index is 0. The van der Waals surface area contributed by atoms with Gasteiger partial charge in [-0.25, -0.2) is 4.98 Å². The van der Waals surface area contributed by atoms with Crippen molar-refractivity contribution in [1.82, 2.24) is 9.97 Å². The van der Waals surface area contributed by atoms with E-state index in [0.717, 1.165) is 16.8 Å². The number of rotatable bonds is 8. The molecular formula is C22H23ClN6O2. The van der Waals surface area contributed by atoms with E-state index in [-0.39, 0.29) is 12.4 Å². The minimum absolute atomic E-state index is 0. The zero-order valence-electron chi connectivity index (χ0n) is 17.0. The third-order valence-corrected chi connectivity index (χ3v) is 4.39. The standard InChI is InChI=1S/C22H22N6O2.ClH/c1-29-19-13-17-18(14-20(19)30-2)23-22(28-26-16-11-7-4-8-12-16)24-21(17)27-25-15-9-5-3-6-10-15;/h3-14,25-26H,1-2H3,(H2,23,24,27,28);1H. The number of methoxy groups -OCH3 is 2. The van der Waals surface area contributed by atoms with E-state index in [2.05, 4.69) is 31.7 Å². The lowest BCUT2D eigenvalue weighted by Crippen LogP contribution is -2.15. The maximum atomic E-state index is 5.44. The quantitative estimate of drug-likeness (QED) is 0.287. The Hall–Kier alpha value is -3.91. The van der Waals surface area contributed by atoms with Crippen molar-refractivity contribution in [3.8, 4) is 11.5 Å². The van der Waals surface area contributed by atoms with Crippen molar-refractivity contribution in [2.45, 2.75) is 0 Å². The van der Waals surface area contributed by atoms with Crippen LogP contribution in [0.15, 0.2) is 72.8 Å². The molecule has 0 aliphatic rings. The lowest BCUT2D eigenvalue weighted by molar-refractivity contribution is 0.356. The number of fused-ring (bicyclic) bond motifs is 1. The first-order chi connectivity index (χ1) is 14.8. The molecule has 4 rings (SSSR count). The first-order valence-electron chi connectivity index (χ1n) is 9.35. The second-order valence-corrected chi connectivity index (χ2v) is 6.35. The van der Waals surface area contributed by atoms with Gasteiger partial charge in [-0.3, -0.25) is 21.7 Å². The molecule has 160 valence electrons. The van der Waals surface area contributed by atoms with Gasteiger partial charge in [0, 0.05) is 11.5 Å². The molecule has 0 bridgehead atoms. The van der Waals surface area contributed by atoms with Crippen LogP contribution in [0.3, 0.4) is 0 Å². The summed E-state index contributed by atoms with van der Waals surface area (Å²) in [5.74, 6) is 2.17. The molecular weight excluding hydrogens is 416 g/mol. The number of anilines is 4. The summed E-state index contributed by atoms with van der Waals surface area (Å²) in [5, 5.41) is 0.779. The summed E-state index contributed by atoms with van der Waals surface area (Å²) >= 11 is 0. The number of aromatic nitrogens is 2. The van der Waals surface area contributed by atoms with Gasteiger partial charge in [0.05, 0.1) is 31.1 Å². The van der Waals surface area contributed by atoms with Gasteiger partial charge in [0.2, 0.25) is 5.95 Å². The molecule has 0 saturated carbocycles. The number of benzene rings is 3. The summed E-state index contributed by atoms with van der Waals surface area (Å²) < 4.78 is 10.9. The van der Waals surface area contributed by atoms with Crippen LogP contribution in [0.5, 0.6) is 11.5 Å². The van der Waals surface area contributed by atoms with Crippen molar-refractivity contribution in [3.63, 3.8) is 0 Å². The average molecular weight is 439 g/mol. The Morgan fingerprint density at radius 2 is 1.19 bits per heavy atom. The third-order valence-electron chi connectivity index (χ3n) is 4.39. The fourth-order valence-electron chi connectivity index (χ4n) is 2.91. The molecule has 4 N–H and O–H groups in total. The van der Waals surface area contributed by atoms with Crippen LogP contribution in [0.25, 0.3) is 10.9 Å². The number of hydrogen-bond donors (Lipinski definition) is 4. The zero-order chi connectivity index (χ0) is 20.8. The van der Waals surface area contributed by atoms with Gasteiger partial charge in [0.1, 0.15) is 0 Å².